The zero-order chi connectivity index (χ0) is 20.9. The number of hydrogen-bond acceptors (Lipinski definition) is 6. The summed E-state index contributed by atoms with van der Waals surface area (Å²) in [5.41, 5.74) is 2.55. The maximum Gasteiger partial charge on any atom is 0.260 e. The van der Waals surface area contributed by atoms with Crippen molar-refractivity contribution in [2.75, 3.05) is 12.9 Å². The second kappa shape index (κ2) is 9.15. The smallest absolute Gasteiger partial charge is 0.260 e. The average Bonchev–Trinajstić information content (AvgIpc) is 3.21. The van der Waals surface area contributed by atoms with Crippen molar-refractivity contribution in [1.29, 1.82) is 0 Å². The highest BCUT2D eigenvalue weighted by molar-refractivity contribution is 7.99. The SMILES string of the molecule is COc1ccccc1CNC(=O)CSc1nc2scc(-c3ccccc3)c2c(=O)[nH]1. The van der Waals surface area contributed by atoms with Gasteiger partial charge in [-0.1, -0.05) is 60.3 Å². The molecule has 1 amide bonds. The van der Waals surface area contributed by atoms with Gasteiger partial charge in [-0.3, -0.25) is 9.59 Å². The Labute approximate surface area is 181 Å². The van der Waals surface area contributed by atoms with Crippen LogP contribution in [0.5, 0.6) is 5.75 Å². The Morgan fingerprint density at radius 2 is 1.93 bits per heavy atom. The number of thiophene rings is 1. The van der Waals surface area contributed by atoms with Gasteiger partial charge in [0.15, 0.2) is 5.16 Å². The predicted molar refractivity (Wildman–Crippen MR) is 121 cm³/mol. The number of nitrogens with one attached hydrogen (secondary N) is 2. The number of aromatic nitrogens is 2. The summed E-state index contributed by atoms with van der Waals surface area (Å²) in [6.45, 7) is 0.373. The summed E-state index contributed by atoms with van der Waals surface area (Å²) in [5.74, 6) is 0.735. The number of nitrogens with zero attached hydrogens (tertiary/aromatic N) is 1. The van der Waals surface area contributed by atoms with Gasteiger partial charge in [-0.2, -0.15) is 0 Å². The lowest BCUT2D eigenvalue weighted by Gasteiger charge is -2.09. The van der Waals surface area contributed by atoms with Gasteiger partial charge in [0.05, 0.1) is 18.2 Å². The van der Waals surface area contributed by atoms with Crippen molar-refractivity contribution >= 4 is 39.2 Å². The number of amides is 1. The molecule has 0 bridgehead atoms. The molecule has 8 heteroatoms. The lowest BCUT2D eigenvalue weighted by Crippen LogP contribution is -2.25. The number of rotatable bonds is 7. The largest absolute Gasteiger partial charge is 0.496 e. The number of para-hydroxylation sites is 1. The molecule has 2 heterocycles. The number of fused-ring (bicyclic) bond motifs is 1. The fourth-order valence-electron chi connectivity index (χ4n) is 3.06. The third kappa shape index (κ3) is 4.39. The molecule has 30 heavy (non-hydrogen) atoms. The van der Waals surface area contributed by atoms with E-state index >= 15 is 0 Å². The third-order valence-corrected chi connectivity index (χ3v) is 6.26. The molecule has 2 N–H and O–H groups in total. The normalized spacial score (nSPS) is 10.8. The molecule has 0 saturated heterocycles. The van der Waals surface area contributed by atoms with Crippen LogP contribution in [0.3, 0.4) is 0 Å². The van der Waals surface area contributed by atoms with Crippen LogP contribution in [0, 0.1) is 0 Å². The molecule has 0 aliphatic rings. The van der Waals surface area contributed by atoms with E-state index in [1.165, 1.54) is 23.1 Å². The van der Waals surface area contributed by atoms with E-state index in [-0.39, 0.29) is 17.2 Å². The first-order chi connectivity index (χ1) is 14.7. The van der Waals surface area contributed by atoms with Crippen molar-refractivity contribution in [2.45, 2.75) is 11.7 Å². The number of carbonyl (C=O) groups is 1. The highest BCUT2D eigenvalue weighted by Crippen LogP contribution is 2.31. The molecular formula is C22H19N3O3S2. The summed E-state index contributed by atoms with van der Waals surface area (Å²) in [4.78, 5) is 32.9. The molecule has 0 unspecified atom stereocenters. The van der Waals surface area contributed by atoms with Gasteiger partial charge in [-0.05, 0) is 11.6 Å². The van der Waals surface area contributed by atoms with Gasteiger partial charge in [-0.15, -0.1) is 11.3 Å². The minimum Gasteiger partial charge on any atom is -0.496 e. The van der Waals surface area contributed by atoms with Crippen LogP contribution in [-0.2, 0) is 11.3 Å². The zero-order valence-electron chi connectivity index (χ0n) is 16.2. The molecule has 4 aromatic rings. The Bertz CT molecular complexity index is 1240. The Balaban J connectivity index is 1.43. The Morgan fingerprint density at radius 1 is 1.17 bits per heavy atom. The first-order valence-electron chi connectivity index (χ1n) is 9.24. The molecule has 0 aliphatic carbocycles. The standard InChI is InChI=1S/C22H19N3O3S2/c1-28-17-10-6-5-9-15(17)11-23-18(26)13-30-22-24-20(27)19-16(12-29-21(19)25-22)14-7-3-2-4-8-14/h2-10,12H,11,13H2,1H3,(H,23,26)(H,24,25,27). The Morgan fingerprint density at radius 3 is 2.73 bits per heavy atom. The van der Waals surface area contributed by atoms with Crippen molar-refractivity contribution in [3.63, 3.8) is 0 Å². The van der Waals surface area contributed by atoms with Crippen LogP contribution in [0.1, 0.15) is 5.56 Å². The molecule has 0 radical (unpaired) electrons. The molecular weight excluding hydrogens is 418 g/mol. The monoisotopic (exact) mass is 437 g/mol. The van der Waals surface area contributed by atoms with Crippen molar-refractivity contribution in [1.82, 2.24) is 15.3 Å². The number of hydrogen-bond donors (Lipinski definition) is 2. The van der Waals surface area contributed by atoms with Crippen LogP contribution in [0.25, 0.3) is 21.3 Å². The van der Waals surface area contributed by atoms with E-state index in [2.05, 4.69) is 15.3 Å². The molecule has 152 valence electrons. The lowest BCUT2D eigenvalue weighted by atomic mass is 10.1. The number of carbonyl (C=O) groups excluding carboxylic acids is 1. The summed E-state index contributed by atoms with van der Waals surface area (Å²) in [7, 11) is 1.60. The summed E-state index contributed by atoms with van der Waals surface area (Å²) in [6.07, 6.45) is 0. The average molecular weight is 438 g/mol. The van der Waals surface area contributed by atoms with Crippen LogP contribution in [0.2, 0.25) is 0 Å². The molecule has 0 atom stereocenters. The van der Waals surface area contributed by atoms with Gasteiger partial charge in [0.2, 0.25) is 5.91 Å². The maximum atomic E-state index is 12.7. The van der Waals surface area contributed by atoms with Crippen LogP contribution in [0.15, 0.2) is 69.9 Å². The van der Waals surface area contributed by atoms with Crippen molar-refractivity contribution in [3.05, 3.63) is 75.9 Å². The van der Waals surface area contributed by atoms with Gasteiger partial charge in [0.25, 0.3) is 5.56 Å². The topological polar surface area (TPSA) is 84.1 Å². The van der Waals surface area contributed by atoms with Crippen LogP contribution < -0.4 is 15.6 Å². The number of H-pyrrole nitrogens is 1. The van der Waals surface area contributed by atoms with Gasteiger partial charge >= 0.3 is 0 Å². The summed E-state index contributed by atoms with van der Waals surface area (Å²) in [6, 6.07) is 17.3. The molecule has 0 spiro atoms. The summed E-state index contributed by atoms with van der Waals surface area (Å²) >= 11 is 2.63. The number of methoxy groups -OCH3 is 1. The van der Waals surface area contributed by atoms with E-state index in [1.54, 1.807) is 7.11 Å². The first kappa shape index (κ1) is 20.2. The van der Waals surface area contributed by atoms with E-state index in [1.807, 2.05) is 60.0 Å². The second-order valence-corrected chi connectivity index (χ2v) is 8.27. The fourth-order valence-corrected chi connectivity index (χ4v) is 4.75. The highest BCUT2D eigenvalue weighted by Gasteiger charge is 2.14. The predicted octanol–water partition coefficient (Wildman–Crippen LogP) is 4.07. The molecule has 0 aliphatic heterocycles. The molecule has 0 saturated carbocycles. The molecule has 6 nitrogen and oxygen atoms in total. The van der Waals surface area contributed by atoms with Crippen molar-refractivity contribution < 1.29 is 9.53 Å². The minimum atomic E-state index is -0.197. The van der Waals surface area contributed by atoms with Crippen LogP contribution >= 0.6 is 23.1 Å². The summed E-state index contributed by atoms with van der Waals surface area (Å²) < 4.78 is 5.29. The zero-order valence-corrected chi connectivity index (χ0v) is 17.8. The lowest BCUT2D eigenvalue weighted by molar-refractivity contribution is -0.118. The molecule has 2 aromatic carbocycles. The quantitative estimate of drug-likeness (QED) is 0.336. The second-order valence-electron chi connectivity index (χ2n) is 6.44. The Hall–Kier alpha value is -3.10. The number of ether oxygens (including phenoxy) is 1. The maximum absolute atomic E-state index is 12.7. The minimum absolute atomic E-state index is 0.148. The van der Waals surface area contributed by atoms with E-state index in [0.29, 0.717) is 21.9 Å². The molecule has 4 rings (SSSR count). The van der Waals surface area contributed by atoms with E-state index in [9.17, 15) is 9.59 Å². The van der Waals surface area contributed by atoms with Crippen molar-refractivity contribution in [2.24, 2.45) is 0 Å². The van der Waals surface area contributed by atoms with Gasteiger partial charge < -0.3 is 15.0 Å². The van der Waals surface area contributed by atoms with E-state index in [4.69, 9.17) is 4.74 Å². The van der Waals surface area contributed by atoms with E-state index < -0.39 is 0 Å². The number of thioether (sulfide) groups is 1. The van der Waals surface area contributed by atoms with Crippen LogP contribution in [0.4, 0.5) is 0 Å². The van der Waals surface area contributed by atoms with Gasteiger partial charge in [0, 0.05) is 23.1 Å². The third-order valence-electron chi connectivity index (χ3n) is 4.52. The van der Waals surface area contributed by atoms with E-state index in [0.717, 1.165) is 22.4 Å². The number of aromatic amines is 1. The van der Waals surface area contributed by atoms with Crippen LogP contribution in [-0.4, -0.2) is 28.7 Å². The Kier molecular flexibility index (Phi) is 6.15. The van der Waals surface area contributed by atoms with Crippen molar-refractivity contribution in [3.8, 4) is 16.9 Å². The number of benzene rings is 2. The highest BCUT2D eigenvalue weighted by atomic mass is 32.2. The van der Waals surface area contributed by atoms with Gasteiger partial charge in [-0.25, -0.2) is 4.98 Å². The van der Waals surface area contributed by atoms with Gasteiger partial charge in [0.1, 0.15) is 10.6 Å². The fraction of sp³-hybridized carbons (Fsp3) is 0.136. The molecule has 2 aromatic heterocycles. The summed E-state index contributed by atoms with van der Waals surface area (Å²) in [5, 5.41) is 5.82. The first-order valence-corrected chi connectivity index (χ1v) is 11.1. The molecule has 0 fully saturated rings.